The molecular formula is C13H17F3N2O. The average molecular weight is 274 g/mol. The minimum absolute atomic E-state index is 0.0473. The van der Waals surface area contributed by atoms with E-state index in [1.165, 1.54) is 6.07 Å². The van der Waals surface area contributed by atoms with Gasteiger partial charge in [0, 0.05) is 12.2 Å². The molecule has 3 nitrogen and oxygen atoms in total. The van der Waals surface area contributed by atoms with Crippen LogP contribution in [0.25, 0.3) is 0 Å². The molecule has 0 unspecified atom stereocenters. The van der Waals surface area contributed by atoms with Crippen LogP contribution in [0.4, 0.5) is 18.9 Å². The summed E-state index contributed by atoms with van der Waals surface area (Å²) in [5, 5.41) is 0. The zero-order valence-corrected chi connectivity index (χ0v) is 10.9. The summed E-state index contributed by atoms with van der Waals surface area (Å²) in [7, 11) is 0. The molecule has 6 heteroatoms. The number of para-hydroxylation sites is 1. The quantitative estimate of drug-likeness (QED) is 0.858. The van der Waals surface area contributed by atoms with Crippen LogP contribution in [0.15, 0.2) is 18.2 Å². The first-order valence-corrected chi connectivity index (χ1v) is 5.97. The van der Waals surface area contributed by atoms with Crippen molar-refractivity contribution in [3.8, 4) is 0 Å². The van der Waals surface area contributed by atoms with Gasteiger partial charge in [-0.15, -0.1) is 0 Å². The molecule has 0 spiro atoms. The van der Waals surface area contributed by atoms with E-state index in [4.69, 9.17) is 5.73 Å². The van der Waals surface area contributed by atoms with Crippen molar-refractivity contribution >= 4 is 11.6 Å². The SMILES string of the molecule is CCCN(CC(F)(F)F)C(=O)c1cccc(C)c1N. The molecule has 0 aliphatic rings. The standard InChI is InChI=1S/C13H17F3N2O/c1-3-7-18(8-13(14,15)16)12(19)10-6-4-5-9(2)11(10)17/h4-6H,3,7-8,17H2,1-2H3. The Kier molecular flexibility index (Phi) is 4.80. The van der Waals surface area contributed by atoms with Crippen molar-refractivity contribution in [1.29, 1.82) is 0 Å². The normalized spacial score (nSPS) is 11.4. The van der Waals surface area contributed by atoms with Crippen molar-refractivity contribution in [2.75, 3.05) is 18.8 Å². The van der Waals surface area contributed by atoms with E-state index in [1.54, 1.807) is 26.0 Å². The number of nitrogen functional groups attached to an aromatic ring is 1. The van der Waals surface area contributed by atoms with Crippen molar-refractivity contribution in [2.24, 2.45) is 0 Å². The van der Waals surface area contributed by atoms with Crippen molar-refractivity contribution in [3.63, 3.8) is 0 Å². The van der Waals surface area contributed by atoms with Crippen molar-refractivity contribution in [1.82, 2.24) is 4.90 Å². The van der Waals surface area contributed by atoms with E-state index in [2.05, 4.69) is 0 Å². The van der Waals surface area contributed by atoms with Crippen LogP contribution in [-0.4, -0.2) is 30.1 Å². The summed E-state index contributed by atoms with van der Waals surface area (Å²) in [6, 6.07) is 4.76. The van der Waals surface area contributed by atoms with Crippen LogP contribution < -0.4 is 5.73 Å². The molecule has 19 heavy (non-hydrogen) atoms. The van der Waals surface area contributed by atoms with Crippen LogP contribution in [0.3, 0.4) is 0 Å². The minimum atomic E-state index is -4.41. The molecule has 2 N–H and O–H groups in total. The third-order valence-corrected chi connectivity index (χ3v) is 2.71. The fourth-order valence-corrected chi connectivity index (χ4v) is 1.78. The predicted molar refractivity (Wildman–Crippen MR) is 67.8 cm³/mol. The molecule has 0 atom stereocenters. The number of carbonyl (C=O) groups is 1. The van der Waals surface area contributed by atoms with Crippen LogP contribution in [0.5, 0.6) is 0 Å². The summed E-state index contributed by atoms with van der Waals surface area (Å²) < 4.78 is 37.4. The number of aryl methyl sites for hydroxylation is 1. The molecule has 0 saturated heterocycles. The maximum absolute atomic E-state index is 12.5. The lowest BCUT2D eigenvalue weighted by Crippen LogP contribution is -2.39. The number of hydrogen-bond donors (Lipinski definition) is 1. The van der Waals surface area contributed by atoms with E-state index in [1.807, 2.05) is 0 Å². The van der Waals surface area contributed by atoms with Crippen molar-refractivity contribution < 1.29 is 18.0 Å². The van der Waals surface area contributed by atoms with E-state index < -0.39 is 18.6 Å². The highest BCUT2D eigenvalue weighted by Crippen LogP contribution is 2.22. The number of carbonyl (C=O) groups excluding carboxylic acids is 1. The molecular weight excluding hydrogens is 257 g/mol. The van der Waals surface area contributed by atoms with Gasteiger partial charge >= 0.3 is 6.18 Å². The molecule has 1 rings (SSSR count). The number of nitrogens with zero attached hydrogens (tertiary/aromatic N) is 1. The van der Waals surface area contributed by atoms with Gasteiger partial charge in [0.25, 0.3) is 5.91 Å². The number of nitrogens with two attached hydrogens (primary N) is 1. The average Bonchev–Trinajstić information content (AvgIpc) is 2.30. The van der Waals surface area contributed by atoms with Crippen LogP contribution in [0.2, 0.25) is 0 Å². The Bertz CT molecular complexity index is 458. The second-order valence-electron chi connectivity index (χ2n) is 4.38. The Morgan fingerprint density at radius 2 is 2.00 bits per heavy atom. The maximum Gasteiger partial charge on any atom is 0.406 e. The number of halogens is 3. The molecule has 0 saturated carbocycles. The summed E-state index contributed by atoms with van der Waals surface area (Å²) in [5.41, 5.74) is 6.78. The Balaban J connectivity index is 3.02. The third-order valence-electron chi connectivity index (χ3n) is 2.71. The van der Waals surface area contributed by atoms with Gasteiger partial charge in [-0.2, -0.15) is 13.2 Å². The Morgan fingerprint density at radius 3 is 2.53 bits per heavy atom. The lowest BCUT2D eigenvalue weighted by molar-refractivity contribution is -0.140. The highest BCUT2D eigenvalue weighted by molar-refractivity contribution is 5.99. The second kappa shape index (κ2) is 5.95. The fraction of sp³-hybridized carbons (Fsp3) is 0.462. The zero-order valence-electron chi connectivity index (χ0n) is 10.9. The highest BCUT2D eigenvalue weighted by atomic mass is 19.4. The lowest BCUT2D eigenvalue weighted by Gasteiger charge is -2.24. The first-order chi connectivity index (χ1) is 8.76. The molecule has 106 valence electrons. The Hall–Kier alpha value is -1.72. The molecule has 0 aromatic heterocycles. The number of benzene rings is 1. The monoisotopic (exact) mass is 274 g/mol. The van der Waals surface area contributed by atoms with Gasteiger partial charge in [0.1, 0.15) is 6.54 Å². The summed E-state index contributed by atoms with van der Waals surface area (Å²) in [4.78, 5) is 12.9. The summed E-state index contributed by atoms with van der Waals surface area (Å²) in [6.07, 6.45) is -3.96. The molecule has 0 aliphatic carbocycles. The van der Waals surface area contributed by atoms with E-state index in [0.29, 0.717) is 12.0 Å². The smallest absolute Gasteiger partial charge is 0.398 e. The topological polar surface area (TPSA) is 46.3 Å². The molecule has 0 heterocycles. The number of amides is 1. The van der Waals surface area contributed by atoms with Gasteiger partial charge in [0.05, 0.1) is 5.56 Å². The number of rotatable bonds is 4. The van der Waals surface area contributed by atoms with Crippen LogP contribution in [0.1, 0.15) is 29.3 Å². The summed E-state index contributed by atoms with van der Waals surface area (Å²) in [6.45, 7) is 2.22. The molecule has 0 radical (unpaired) electrons. The van der Waals surface area contributed by atoms with Gasteiger partial charge in [-0.25, -0.2) is 0 Å². The lowest BCUT2D eigenvalue weighted by atomic mass is 10.1. The zero-order chi connectivity index (χ0) is 14.6. The van der Waals surface area contributed by atoms with Crippen LogP contribution in [0, 0.1) is 6.92 Å². The predicted octanol–water partition coefficient (Wildman–Crippen LogP) is 2.99. The number of anilines is 1. The molecule has 1 amide bonds. The Labute approximate surface area is 110 Å². The van der Waals surface area contributed by atoms with E-state index in [9.17, 15) is 18.0 Å². The van der Waals surface area contributed by atoms with Crippen molar-refractivity contribution in [2.45, 2.75) is 26.4 Å². The molecule has 0 fully saturated rings. The summed E-state index contributed by atoms with van der Waals surface area (Å²) >= 11 is 0. The first kappa shape index (κ1) is 15.3. The molecule has 0 aliphatic heterocycles. The largest absolute Gasteiger partial charge is 0.406 e. The summed E-state index contributed by atoms with van der Waals surface area (Å²) in [5.74, 6) is -0.680. The third kappa shape index (κ3) is 4.15. The number of alkyl halides is 3. The highest BCUT2D eigenvalue weighted by Gasteiger charge is 2.33. The van der Waals surface area contributed by atoms with Gasteiger partial charge in [-0.3, -0.25) is 4.79 Å². The fourth-order valence-electron chi connectivity index (χ4n) is 1.78. The second-order valence-corrected chi connectivity index (χ2v) is 4.38. The van der Waals surface area contributed by atoms with Gasteiger partial charge in [-0.05, 0) is 25.0 Å². The molecule has 0 bridgehead atoms. The molecule has 1 aromatic rings. The van der Waals surface area contributed by atoms with Crippen molar-refractivity contribution in [3.05, 3.63) is 29.3 Å². The van der Waals surface area contributed by atoms with E-state index >= 15 is 0 Å². The minimum Gasteiger partial charge on any atom is -0.398 e. The van der Waals surface area contributed by atoms with Gasteiger partial charge in [0.2, 0.25) is 0 Å². The Morgan fingerprint density at radius 1 is 1.37 bits per heavy atom. The number of hydrogen-bond acceptors (Lipinski definition) is 2. The van der Waals surface area contributed by atoms with Gasteiger partial charge < -0.3 is 10.6 Å². The van der Waals surface area contributed by atoms with E-state index in [0.717, 1.165) is 4.90 Å². The van der Waals surface area contributed by atoms with Crippen LogP contribution in [-0.2, 0) is 0 Å². The maximum atomic E-state index is 12.5. The first-order valence-electron chi connectivity index (χ1n) is 5.97. The van der Waals surface area contributed by atoms with Crippen LogP contribution >= 0.6 is 0 Å². The molecule has 1 aromatic carbocycles. The van der Waals surface area contributed by atoms with Gasteiger partial charge in [0.15, 0.2) is 0 Å². The van der Waals surface area contributed by atoms with E-state index in [-0.39, 0.29) is 17.8 Å². The van der Waals surface area contributed by atoms with Gasteiger partial charge in [-0.1, -0.05) is 19.1 Å².